The van der Waals surface area contributed by atoms with E-state index in [0.29, 0.717) is 33.0 Å². The summed E-state index contributed by atoms with van der Waals surface area (Å²) in [7, 11) is 0. The highest BCUT2D eigenvalue weighted by Gasteiger charge is 2.11. The van der Waals surface area contributed by atoms with Gasteiger partial charge < -0.3 is 20.1 Å². The second-order valence-electron chi connectivity index (χ2n) is 7.31. The fraction of sp³-hybridized carbons (Fsp3) is 0.333. The van der Waals surface area contributed by atoms with E-state index in [9.17, 15) is 19.2 Å². The largest absolute Gasteiger partial charge is 0.462 e. The molecule has 0 radical (unpaired) electrons. The normalized spacial score (nSPS) is 10.3. The predicted molar refractivity (Wildman–Crippen MR) is 133 cm³/mol. The molecule has 0 heterocycles. The van der Waals surface area contributed by atoms with Crippen molar-refractivity contribution in [1.82, 2.24) is 0 Å². The van der Waals surface area contributed by atoms with Gasteiger partial charge in [-0.1, -0.05) is 24.9 Å². The Labute approximate surface area is 211 Å². The summed E-state index contributed by atoms with van der Waals surface area (Å²) in [6.07, 6.45) is 2.10. The molecule has 182 valence electrons. The predicted octanol–water partition coefficient (Wildman–Crippen LogP) is 5.35. The summed E-state index contributed by atoms with van der Waals surface area (Å²) < 4.78 is 10.8. The third-order valence-corrected chi connectivity index (χ3v) is 5.72. The summed E-state index contributed by atoms with van der Waals surface area (Å²) in [5, 5.41) is 5.71. The Morgan fingerprint density at radius 3 is 2.24 bits per heavy atom. The van der Waals surface area contributed by atoms with Gasteiger partial charge in [0.15, 0.2) is 6.61 Å². The quantitative estimate of drug-likeness (QED) is 0.271. The van der Waals surface area contributed by atoms with Crippen molar-refractivity contribution in [3.05, 3.63) is 57.5 Å². The van der Waals surface area contributed by atoms with E-state index < -0.39 is 24.5 Å². The Hall–Kier alpha value is -2.91. The Balaban J connectivity index is 1.64. The van der Waals surface area contributed by atoms with Crippen molar-refractivity contribution in [2.75, 3.05) is 23.8 Å². The summed E-state index contributed by atoms with van der Waals surface area (Å²) in [4.78, 5) is 47.7. The number of hydrogen-bond acceptors (Lipinski definition) is 6. The lowest BCUT2D eigenvalue weighted by molar-refractivity contribution is -0.147. The molecule has 2 amide bonds. The average molecular weight is 554 g/mol. The Kier molecular flexibility index (Phi) is 11.6. The molecule has 0 unspecified atom stereocenters. The standard InChI is InChI=1S/C24H26BrClN2O6/c1-2-3-13-33-24(32)16-7-9-17(10-8-16)27-21(29)5-4-6-23(31)34-15-22(30)28-18-11-12-19(25)20(26)14-18/h7-12,14H,2-6,13,15H2,1H3,(H,27,29)(H,28,30). The minimum absolute atomic E-state index is 0.00660. The monoisotopic (exact) mass is 552 g/mol. The molecule has 0 aliphatic carbocycles. The van der Waals surface area contributed by atoms with Gasteiger partial charge in [-0.05, 0) is 71.2 Å². The van der Waals surface area contributed by atoms with E-state index >= 15 is 0 Å². The fourth-order valence-corrected chi connectivity index (χ4v) is 3.12. The minimum Gasteiger partial charge on any atom is -0.462 e. The first-order valence-corrected chi connectivity index (χ1v) is 11.9. The zero-order valence-corrected chi connectivity index (χ0v) is 21.0. The van der Waals surface area contributed by atoms with Gasteiger partial charge in [-0.2, -0.15) is 0 Å². The zero-order valence-electron chi connectivity index (χ0n) is 18.7. The summed E-state index contributed by atoms with van der Waals surface area (Å²) in [5.41, 5.74) is 1.42. The number of hydrogen-bond donors (Lipinski definition) is 2. The lowest BCUT2D eigenvalue weighted by Crippen LogP contribution is -2.21. The van der Waals surface area contributed by atoms with E-state index in [4.69, 9.17) is 21.1 Å². The molecule has 2 aromatic rings. The van der Waals surface area contributed by atoms with Crippen LogP contribution in [0.5, 0.6) is 0 Å². The number of carbonyl (C=O) groups is 4. The van der Waals surface area contributed by atoms with Crippen molar-refractivity contribution in [2.45, 2.75) is 39.0 Å². The van der Waals surface area contributed by atoms with E-state index in [1.807, 2.05) is 6.92 Å². The molecule has 0 saturated carbocycles. The molecule has 2 N–H and O–H groups in total. The maximum Gasteiger partial charge on any atom is 0.338 e. The average Bonchev–Trinajstić information content (AvgIpc) is 2.80. The highest BCUT2D eigenvalue weighted by molar-refractivity contribution is 9.10. The number of amides is 2. The Morgan fingerprint density at radius 2 is 1.56 bits per heavy atom. The van der Waals surface area contributed by atoms with Gasteiger partial charge in [0.1, 0.15) is 0 Å². The molecule has 8 nitrogen and oxygen atoms in total. The molecular formula is C24H26BrClN2O6. The third kappa shape index (κ3) is 9.93. The molecule has 0 atom stereocenters. The number of anilines is 2. The molecule has 0 bridgehead atoms. The van der Waals surface area contributed by atoms with E-state index in [0.717, 1.165) is 12.8 Å². The van der Waals surface area contributed by atoms with Crippen LogP contribution in [-0.4, -0.2) is 37.0 Å². The molecular weight excluding hydrogens is 528 g/mol. The third-order valence-electron chi connectivity index (χ3n) is 4.49. The molecule has 0 fully saturated rings. The maximum absolute atomic E-state index is 12.1. The van der Waals surface area contributed by atoms with E-state index in [1.54, 1.807) is 42.5 Å². The number of ether oxygens (including phenoxy) is 2. The molecule has 0 saturated heterocycles. The zero-order chi connectivity index (χ0) is 24.9. The van der Waals surface area contributed by atoms with Gasteiger partial charge in [0.05, 0.1) is 17.2 Å². The first kappa shape index (κ1) is 27.3. The van der Waals surface area contributed by atoms with Gasteiger partial charge in [0.2, 0.25) is 5.91 Å². The topological polar surface area (TPSA) is 111 Å². The molecule has 2 rings (SSSR count). The molecule has 34 heavy (non-hydrogen) atoms. The summed E-state index contributed by atoms with van der Waals surface area (Å²) in [6.45, 7) is 1.95. The number of unbranched alkanes of at least 4 members (excludes halogenated alkanes) is 1. The van der Waals surface area contributed by atoms with Crippen LogP contribution < -0.4 is 10.6 Å². The molecule has 10 heteroatoms. The van der Waals surface area contributed by atoms with Gasteiger partial charge in [-0.15, -0.1) is 0 Å². The summed E-state index contributed by atoms with van der Waals surface area (Å²) in [5.74, 6) is -1.76. The van der Waals surface area contributed by atoms with Crippen molar-refractivity contribution in [2.24, 2.45) is 0 Å². The lowest BCUT2D eigenvalue weighted by Gasteiger charge is -2.08. The van der Waals surface area contributed by atoms with Crippen LogP contribution >= 0.6 is 27.5 Å². The van der Waals surface area contributed by atoms with Gasteiger partial charge in [-0.25, -0.2) is 4.79 Å². The number of esters is 2. The van der Waals surface area contributed by atoms with Gasteiger partial charge in [0.25, 0.3) is 5.91 Å². The van der Waals surface area contributed by atoms with Gasteiger partial charge in [-0.3, -0.25) is 14.4 Å². The number of halogens is 2. The number of nitrogens with one attached hydrogen (secondary N) is 2. The number of carbonyl (C=O) groups excluding carboxylic acids is 4. The van der Waals surface area contributed by atoms with Gasteiger partial charge in [0, 0.05) is 28.7 Å². The molecule has 0 aliphatic rings. The number of benzene rings is 2. The van der Waals surface area contributed by atoms with Crippen molar-refractivity contribution < 1.29 is 28.7 Å². The molecule has 0 aromatic heterocycles. The Bertz CT molecular complexity index is 1010. The second-order valence-corrected chi connectivity index (χ2v) is 8.57. The summed E-state index contributed by atoms with van der Waals surface area (Å²) in [6, 6.07) is 11.3. The van der Waals surface area contributed by atoms with Crippen LogP contribution in [0.25, 0.3) is 0 Å². The highest BCUT2D eigenvalue weighted by atomic mass is 79.9. The second kappa shape index (κ2) is 14.4. The fourth-order valence-electron chi connectivity index (χ4n) is 2.69. The summed E-state index contributed by atoms with van der Waals surface area (Å²) >= 11 is 9.22. The van der Waals surface area contributed by atoms with Crippen molar-refractivity contribution in [1.29, 1.82) is 0 Å². The molecule has 2 aromatic carbocycles. The highest BCUT2D eigenvalue weighted by Crippen LogP contribution is 2.25. The minimum atomic E-state index is -0.581. The van der Waals surface area contributed by atoms with E-state index in [-0.39, 0.29) is 25.2 Å². The number of rotatable bonds is 12. The van der Waals surface area contributed by atoms with Crippen LogP contribution in [0.1, 0.15) is 49.4 Å². The van der Waals surface area contributed by atoms with Crippen LogP contribution in [0.15, 0.2) is 46.9 Å². The molecule has 0 spiro atoms. The SMILES string of the molecule is CCCCOC(=O)c1ccc(NC(=O)CCCC(=O)OCC(=O)Nc2ccc(Br)c(Cl)c2)cc1. The van der Waals surface area contributed by atoms with Crippen molar-refractivity contribution >= 4 is 62.7 Å². The smallest absolute Gasteiger partial charge is 0.338 e. The Morgan fingerprint density at radius 1 is 0.882 bits per heavy atom. The van der Waals surface area contributed by atoms with E-state index in [2.05, 4.69) is 26.6 Å². The molecule has 0 aliphatic heterocycles. The van der Waals surface area contributed by atoms with Gasteiger partial charge >= 0.3 is 11.9 Å². The van der Waals surface area contributed by atoms with Crippen LogP contribution in [-0.2, 0) is 23.9 Å². The van der Waals surface area contributed by atoms with Crippen LogP contribution in [0.3, 0.4) is 0 Å². The van der Waals surface area contributed by atoms with Crippen LogP contribution in [0, 0.1) is 0 Å². The first-order chi connectivity index (χ1) is 16.3. The van der Waals surface area contributed by atoms with Crippen molar-refractivity contribution in [3.63, 3.8) is 0 Å². The van der Waals surface area contributed by atoms with Crippen molar-refractivity contribution in [3.8, 4) is 0 Å². The van der Waals surface area contributed by atoms with E-state index in [1.165, 1.54) is 0 Å². The maximum atomic E-state index is 12.1. The first-order valence-electron chi connectivity index (χ1n) is 10.8. The van der Waals surface area contributed by atoms with Crippen LogP contribution in [0.2, 0.25) is 5.02 Å². The van der Waals surface area contributed by atoms with Crippen LogP contribution in [0.4, 0.5) is 11.4 Å². The lowest BCUT2D eigenvalue weighted by atomic mass is 10.2.